The molecule has 0 aromatic carbocycles. The van der Waals surface area contributed by atoms with E-state index in [0.29, 0.717) is 5.57 Å². The highest BCUT2D eigenvalue weighted by Crippen LogP contribution is 2.20. The molecule has 0 amide bonds. The van der Waals surface area contributed by atoms with Gasteiger partial charge in [-0.3, -0.25) is 4.79 Å². The molecule has 0 aliphatic carbocycles. The lowest BCUT2D eigenvalue weighted by molar-refractivity contribution is -0.110. The Balaban J connectivity index is 2.62. The van der Waals surface area contributed by atoms with E-state index < -0.39 is 0 Å². The van der Waals surface area contributed by atoms with Crippen molar-refractivity contribution in [3.05, 3.63) is 11.6 Å². The second-order valence-electron chi connectivity index (χ2n) is 2.42. The zero-order valence-electron chi connectivity index (χ0n) is 6.74. The van der Waals surface area contributed by atoms with E-state index in [4.69, 9.17) is 9.47 Å². The van der Waals surface area contributed by atoms with E-state index in [0.717, 1.165) is 12.7 Å². The smallest absolute Gasteiger partial charge is 0.178 e. The van der Waals surface area contributed by atoms with E-state index in [1.807, 2.05) is 6.92 Å². The van der Waals surface area contributed by atoms with Crippen LogP contribution in [-0.2, 0) is 14.3 Å². The van der Waals surface area contributed by atoms with Crippen LogP contribution in [0.25, 0.3) is 0 Å². The molecule has 11 heavy (non-hydrogen) atoms. The van der Waals surface area contributed by atoms with Gasteiger partial charge in [-0.2, -0.15) is 0 Å². The largest absolute Gasteiger partial charge is 0.352 e. The fourth-order valence-electron chi connectivity index (χ4n) is 1.11. The van der Waals surface area contributed by atoms with Gasteiger partial charge in [-0.25, -0.2) is 0 Å². The monoisotopic (exact) mass is 156 g/mol. The zero-order chi connectivity index (χ0) is 8.27. The highest BCUT2D eigenvalue weighted by Gasteiger charge is 2.24. The molecule has 0 aromatic heterocycles. The van der Waals surface area contributed by atoms with E-state index in [9.17, 15) is 4.79 Å². The van der Waals surface area contributed by atoms with Gasteiger partial charge in [0.2, 0.25) is 0 Å². The van der Waals surface area contributed by atoms with Crippen LogP contribution in [0.4, 0.5) is 0 Å². The van der Waals surface area contributed by atoms with E-state index in [1.165, 1.54) is 0 Å². The molecule has 0 saturated heterocycles. The fourth-order valence-corrected chi connectivity index (χ4v) is 1.11. The highest BCUT2D eigenvalue weighted by molar-refractivity contribution is 5.75. The van der Waals surface area contributed by atoms with E-state index in [2.05, 4.69) is 0 Å². The van der Waals surface area contributed by atoms with Crippen LogP contribution in [0.5, 0.6) is 0 Å². The van der Waals surface area contributed by atoms with Crippen LogP contribution >= 0.6 is 0 Å². The molecule has 3 nitrogen and oxygen atoms in total. The summed E-state index contributed by atoms with van der Waals surface area (Å²) in [6.07, 6.45) is 2.94. The molecule has 1 heterocycles. The molecular formula is C8H12O3. The Morgan fingerprint density at radius 3 is 2.91 bits per heavy atom. The van der Waals surface area contributed by atoms with Crippen LogP contribution in [0.1, 0.15) is 13.3 Å². The van der Waals surface area contributed by atoms with Crippen LogP contribution in [0.2, 0.25) is 0 Å². The molecule has 0 N–H and O–H groups in total. The lowest BCUT2D eigenvalue weighted by Crippen LogP contribution is -2.14. The fraction of sp³-hybridized carbons (Fsp3) is 0.625. The van der Waals surface area contributed by atoms with Gasteiger partial charge in [-0.15, -0.1) is 0 Å². The van der Waals surface area contributed by atoms with Crippen molar-refractivity contribution in [2.24, 2.45) is 0 Å². The number of carbonyl (C=O) groups excluding carboxylic acids is 1. The standard InChI is InChI=1S/C8H12O3/c1-3-7-6(5-9)4-8(10-2)11-7/h4-5,7-8H,3H2,1-2H3/t7-,8-/m1/s1. The maximum absolute atomic E-state index is 10.4. The molecule has 0 spiro atoms. The van der Waals surface area contributed by atoms with Crippen molar-refractivity contribution in [3.63, 3.8) is 0 Å². The Morgan fingerprint density at radius 1 is 1.82 bits per heavy atom. The summed E-state index contributed by atoms with van der Waals surface area (Å²) < 4.78 is 10.2. The maximum Gasteiger partial charge on any atom is 0.178 e. The summed E-state index contributed by atoms with van der Waals surface area (Å²) in [4.78, 5) is 10.4. The minimum absolute atomic E-state index is 0.0718. The first-order valence-corrected chi connectivity index (χ1v) is 3.67. The summed E-state index contributed by atoms with van der Waals surface area (Å²) in [7, 11) is 1.56. The van der Waals surface area contributed by atoms with E-state index in [-0.39, 0.29) is 12.4 Å². The van der Waals surface area contributed by atoms with Crippen molar-refractivity contribution >= 4 is 6.29 Å². The minimum atomic E-state index is -0.333. The molecule has 1 aliphatic rings. The number of ether oxygens (including phenoxy) is 2. The van der Waals surface area contributed by atoms with Crippen LogP contribution < -0.4 is 0 Å². The molecule has 0 saturated carbocycles. The summed E-state index contributed by atoms with van der Waals surface area (Å²) in [6.45, 7) is 1.97. The Hall–Kier alpha value is -0.670. The lowest BCUT2D eigenvalue weighted by Gasteiger charge is -2.10. The Morgan fingerprint density at radius 2 is 2.55 bits per heavy atom. The SMILES string of the molecule is CC[C@H]1O[C@@H](OC)C=C1C=O. The van der Waals surface area contributed by atoms with Gasteiger partial charge in [-0.1, -0.05) is 6.92 Å². The van der Waals surface area contributed by atoms with Gasteiger partial charge >= 0.3 is 0 Å². The van der Waals surface area contributed by atoms with Crippen molar-refractivity contribution < 1.29 is 14.3 Å². The lowest BCUT2D eigenvalue weighted by atomic mass is 10.1. The average Bonchev–Trinajstić information content (AvgIpc) is 2.46. The zero-order valence-corrected chi connectivity index (χ0v) is 6.74. The van der Waals surface area contributed by atoms with Gasteiger partial charge in [0.15, 0.2) is 6.29 Å². The van der Waals surface area contributed by atoms with Gasteiger partial charge in [0.25, 0.3) is 0 Å². The summed E-state index contributed by atoms with van der Waals surface area (Å²) in [5, 5.41) is 0. The second kappa shape index (κ2) is 3.64. The molecule has 0 bridgehead atoms. The predicted octanol–water partition coefficient (Wildman–Crippen LogP) is 0.893. The summed E-state index contributed by atoms with van der Waals surface area (Å²) >= 11 is 0. The topological polar surface area (TPSA) is 35.5 Å². The van der Waals surface area contributed by atoms with Gasteiger partial charge in [0.1, 0.15) is 6.29 Å². The molecule has 0 aromatic rings. The van der Waals surface area contributed by atoms with Gasteiger partial charge in [0, 0.05) is 12.7 Å². The molecule has 1 aliphatic heterocycles. The molecule has 0 radical (unpaired) electrons. The van der Waals surface area contributed by atoms with Crippen molar-refractivity contribution in [1.29, 1.82) is 0 Å². The van der Waals surface area contributed by atoms with Crippen LogP contribution in [0, 0.1) is 0 Å². The van der Waals surface area contributed by atoms with Gasteiger partial charge < -0.3 is 9.47 Å². The second-order valence-corrected chi connectivity index (χ2v) is 2.42. The van der Waals surface area contributed by atoms with Gasteiger partial charge in [-0.05, 0) is 12.5 Å². The number of rotatable bonds is 3. The molecular weight excluding hydrogens is 144 g/mol. The van der Waals surface area contributed by atoms with E-state index >= 15 is 0 Å². The number of carbonyl (C=O) groups is 1. The molecule has 62 valence electrons. The third kappa shape index (κ3) is 1.67. The third-order valence-corrected chi connectivity index (χ3v) is 1.74. The Labute approximate surface area is 66.0 Å². The van der Waals surface area contributed by atoms with Crippen molar-refractivity contribution in [2.75, 3.05) is 7.11 Å². The van der Waals surface area contributed by atoms with Crippen LogP contribution in [-0.4, -0.2) is 25.8 Å². The van der Waals surface area contributed by atoms with Crippen molar-refractivity contribution in [2.45, 2.75) is 25.7 Å². The predicted molar refractivity (Wildman–Crippen MR) is 40.1 cm³/mol. The first-order chi connectivity index (χ1) is 5.31. The Kier molecular flexibility index (Phi) is 2.79. The summed E-state index contributed by atoms with van der Waals surface area (Å²) in [5.74, 6) is 0. The average molecular weight is 156 g/mol. The summed E-state index contributed by atoms with van der Waals surface area (Å²) in [6, 6.07) is 0. The summed E-state index contributed by atoms with van der Waals surface area (Å²) in [5.41, 5.74) is 0.694. The maximum atomic E-state index is 10.4. The third-order valence-electron chi connectivity index (χ3n) is 1.74. The first kappa shape index (κ1) is 8.43. The first-order valence-electron chi connectivity index (χ1n) is 3.67. The quantitative estimate of drug-likeness (QED) is 0.569. The number of methoxy groups -OCH3 is 1. The highest BCUT2D eigenvalue weighted by atomic mass is 16.7. The normalized spacial score (nSPS) is 30.2. The number of hydrogen-bond donors (Lipinski definition) is 0. The minimum Gasteiger partial charge on any atom is -0.352 e. The van der Waals surface area contributed by atoms with Crippen molar-refractivity contribution in [3.8, 4) is 0 Å². The van der Waals surface area contributed by atoms with Gasteiger partial charge in [0.05, 0.1) is 6.10 Å². The molecule has 1 rings (SSSR count). The van der Waals surface area contributed by atoms with E-state index in [1.54, 1.807) is 13.2 Å². The van der Waals surface area contributed by atoms with Crippen molar-refractivity contribution in [1.82, 2.24) is 0 Å². The molecule has 0 unspecified atom stereocenters. The Bertz CT molecular complexity index is 174. The van der Waals surface area contributed by atoms with Crippen LogP contribution in [0.15, 0.2) is 11.6 Å². The van der Waals surface area contributed by atoms with Crippen LogP contribution in [0.3, 0.4) is 0 Å². The number of hydrogen-bond acceptors (Lipinski definition) is 3. The molecule has 2 atom stereocenters. The molecule has 3 heteroatoms. The number of aldehydes is 1. The molecule has 0 fully saturated rings.